The molecule has 0 heterocycles. The molecule has 1 unspecified atom stereocenters. The Balaban J connectivity index is 2.02. The van der Waals surface area contributed by atoms with Crippen molar-refractivity contribution in [1.29, 1.82) is 0 Å². The fraction of sp³-hybridized carbons (Fsp3) is 0.111. The summed E-state index contributed by atoms with van der Waals surface area (Å²) < 4.78 is 48.9. The third kappa shape index (κ3) is 4.38. The normalized spacial score (nSPS) is 13.1. The first kappa shape index (κ1) is 19.2. The molecule has 0 aliphatic rings. The number of azo groups is 1. The van der Waals surface area contributed by atoms with Crippen molar-refractivity contribution in [3.8, 4) is 5.75 Å². The van der Waals surface area contributed by atoms with Gasteiger partial charge in [0, 0.05) is 17.0 Å². The van der Waals surface area contributed by atoms with Gasteiger partial charge in [-0.15, -0.1) is 5.11 Å². The van der Waals surface area contributed by atoms with Crippen LogP contribution in [0, 0.1) is 6.92 Å². The molecule has 3 aromatic carbocycles. The molecule has 0 amide bonds. The predicted molar refractivity (Wildman–Crippen MR) is 104 cm³/mol. The first-order valence-electron chi connectivity index (χ1n) is 7.79. The Morgan fingerprint density at radius 1 is 1.00 bits per heavy atom. The molecular formula is C18H16N2O5S2. The molecule has 9 heteroatoms. The second kappa shape index (κ2) is 7.55. The Hall–Kier alpha value is -2.62. The van der Waals surface area contributed by atoms with Crippen LogP contribution < -0.4 is 4.18 Å². The zero-order valence-electron chi connectivity index (χ0n) is 14.5. The van der Waals surface area contributed by atoms with Gasteiger partial charge >= 0.3 is 0 Å². The van der Waals surface area contributed by atoms with E-state index < -0.39 is 21.2 Å². The van der Waals surface area contributed by atoms with Crippen molar-refractivity contribution in [2.24, 2.45) is 10.2 Å². The molecule has 0 radical (unpaired) electrons. The lowest BCUT2D eigenvalue weighted by atomic mass is 10.0. The number of aryl methyl sites for hydroxylation is 1. The fourth-order valence-electron chi connectivity index (χ4n) is 2.65. The van der Waals surface area contributed by atoms with Crippen LogP contribution in [0.3, 0.4) is 0 Å². The maximum atomic E-state index is 11.7. The first-order valence-corrected chi connectivity index (χ1v) is 10.7. The summed E-state index contributed by atoms with van der Waals surface area (Å²) in [6.45, 7) is 1.76. The maximum Gasteiger partial charge on any atom is 0.295 e. The molecule has 1 N–H and O–H groups in total. The van der Waals surface area contributed by atoms with Crippen LogP contribution >= 0.6 is 0 Å². The van der Waals surface area contributed by atoms with E-state index in [0.717, 1.165) is 0 Å². The van der Waals surface area contributed by atoms with Gasteiger partial charge < -0.3 is 4.18 Å². The highest BCUT2D eigenvalue weighted by Crippen LogP contribution is 2.34. The highest BCUT2D eigenvalue weighted by molar-refractivity contribution is 7.86. The Labute approximate surface area is 159 Å². The number of hydrogen-bond acceptors (Lipinski definition) is 6. The minimum absolute atomic E-state index is 0.163. The van der Waals surface area contributed by atoms with Gasteiger partial charge in [-0.25, -0.2) is 4.21 Å². The van der Waals surface area contributed by atoms with Crippen LogP contribution in [0.15, 0.2) is 69.7 Å². The molecule has 0 aliphatic carbocycles. The van der Waals surface area contributed by atoms with Crippen LogP contribution in [0.5, 0.6) is 5.75 Å². The third-order valence-corrected chi connectivity index (χ3v) is 5.11. The molecule has 0 saturated heterocycles. The Morgan fingerprint density at radius 2 is 1.70 bits per heavy atom. The van der Waals surface area contributed by atoms with Gasteiger partial charge in [-0.1, -0.05) is 18.2 Å². The van der Waals surface area contributed by atoms with E-state index in [1.54, 1.807) is 55.5 Å². The van der Waals surface area contributed by atoms with Crippen molar-refractivity contribution in [1.82, 2.24) is 0 Å². The zero-order chi connectivity index (χ0) is 19.6. The zero-order valence-corrected chi connectivity index (χ0v) is 16.1. The van der Waals surface area contributed by atoms with E-state index in [-0.39, 0.29) is 4.90 Å². The lowest BCUT2D eigenvalue weighted by Crippen LogP contribution is -1.99. The van der Waals surface area contributed by atoms with Crippen LogP contribution in [-0.2, 0) is 21.2 Å². The second-order valence-electron chi connectivity index (χ2n) is 5.73. The molecule has 0 aliphatic heterocycles. The molecule has 27 heavy (non-hydrogen) atoms. The van der Waals surface area contributed by atoms with Crippen molar-refractivity contribution in [3.63, 3.8) is 0 Å². The van der Waals surface area contributed by atoms with Gasteiger partial charge in [0.2, 0.25) is 11.1 Å². The molecule has 3 aromatic rings. The van der Waals surface area contributed by atoms with E-state index in [0.29, 0.717) is 33.5 Å². The van der Waals surface area contributed by atoms with Crippen molar-refractivity contribution in [2.75, 3.05) is 6.26 Å². The molecule has 0 spiro atoms. The van der Waals surface area contributed by atoms with Gasteiger partial charge in [0.1, 0.15) is 10.6 Å². The second-order valence-corrected chi connectivity index (χ2v) is 8.09. The van der Waals surface area contributed by atoms with Crippen LogP contribution in [0.4, 0.5) is 11.4 Å². The number of nitrogens with zero attached hydrogens (tertiary/aromatic N) is 2. The largest absolute Gasteiger partial charge is 0.401 e. The van der Waals surface area contributed by atoms with Gasteiger partial charge in [-0.05, 0) is 48.9 Å². The lowest BCUT2D eigenvalue weighted by molar-refractivity contribution is 0.484. The Bertz CT molecular complexity index is 1160. The van der Waals surface area contributed by atoms with Crippen LogP contribution in [0.2, 0.25) is 0 Å². The molecule has 0 fully saturated rings. The fourth-order valence-corrected chi connectivity index (χ4v) is 3.81. The molecule has 0 saturated carbocycles. The summed E-state index contributed by atoms with van der Waals surface area (Å²) in [7, 11) is -4.36. The van der Waals surface area contributed by atoms with E-state index in [4.69, 9.17) is 4.18 Å². The summed E-state index contributed by atoms with van der Waals surface area (Å²) in [5.74, 6) is 0.452. The highest BCUT2D eigenvalue weighted by atomic mass is 32.2. The average molecular weight is 404 g/mol. The van der Waals surface area contributed by atoms with E-state index in [9.17, 15) is 17.2 Å². The minimum atomic E-state index is -4.36. The maximum absolute atomic E-state index is 11.7. The number of hydrogen-bond donors (Lipinski definition) is 1. The highest BCUT2D eigenvalue weighted by Gasteiger charge is 2.16. The van der Waals surface area contributed by atoms with E-state index >= 15 is 0 Å². The summed E-state index contributed by atoms with van der Waals surface area (Å²) >= 11 is -1.41. The topological polar surface area (TPSA) is 105 Å². The lowest BCUT2D eigenvalue weighted by Gasteiger charge is -2.08. The van der Waals surface area contributed by atoms with Crippen LogP contribution in [0.25, 0.3) is 10.8 Å². The van der Waals surface area contributed by atoms with E-state index in [1.807, 2.05) is 0 Å². The number of fused-ring (bicyclic) bond motifs is 1. The van der Waals surface area contributed by atoms with Crippen LogP contribution in [0.1, 0.15) is 5.56 Å². The summed E-state index contributed by atoms with van der Waals surface area (Å²) in [6.07, 6.45) is 1.43. The van der Waals surface area contributed by atoms with Crippen molar-refractivity contribution in [3.05, 3.63) is 60.2 Å². The number of rotatable bonds is 5. The van der Waals surface area contributed by atoms with Gasteiger partial charge in [0.05, 0.1) is 11.4 Å². The first-order chi connectivity index (χ1) is 12.8. The van der Waals surface area contributed by atoms with Crippen molar-refractivity contribution < 1.29 is 21.4 Å². The monoisotopic (exact) mass is 404 g/mol. The third-order valence-electron chi connectivity index (χ3n) is 3.79. The van der Waals surface area contributed by atoms with E-state index in [2.05, 4.69) is 10.2 Å². The number of benzene rings is 3. The Morgan fingerprint density at radius 3 is 2.33 bits per heavy atom. The van der Waals surface area contributed by atoms with Gasteiger partial charge in [-0.3, -0.25) is 4.55 Å². The quantitative estimate of drug-likeness (QED) is 0.498. The molecule has 0 bridgehead atoms. The summed E-state index contributed by atoms with van der Waals surface area (Å²) in [5, 5.41) is 9.33. The molecular weight excluding hydrogens is 388 g/mol. The van der Waals surface area contributed by atoms with Crippen molar-refractivity contribution in [2.45, 2.75) is 11.8 Å². The van der Waals surface area contributed by atoms with Gasteiger partial charge in [0.25, 0.3) is 10.1 Å². The minimum Gasteiger partial charge on any atom is -0.401 e. The summed E-state index contributed by atoms with van der Waals surface area (Å²) in [5.41, 5.74) is 1.71. The summed E-state index contributed by atoms with van der Waals surface area (Å²) in [4.78, 5) is -0.163. The smallest absolute Gasteiger partial charge is 0.295 e. The molecule has 7 nitrogen and oxygen atoms in total. The van der Waals surface area contributed by atoms with Gasteiger partial charge in [-0.2, -0.15) is 13.5 Å². The average Bonchev–Trinajstić information content (AvgIpc) is 2.61. The van der Waals surface area contributed by atoms with Crippen LogP contribution in [-0.4, -0.2) is 23.4 Å². The molecule has 140 valence electrons. The SMILES string of the molecule is Cc1ccc(N=Nc2ccc(OS(C)=O)cc2)c2cccc(S(=O)(=O)O)c12. The molecule has 1 atom stereocenters. The summed E-state index contributed by atoms with van der Waals surface area (Å²) in [6, 6.07) is 14.6. The molecule has 0 aromatic heterocycles. The standard InChI is InChI=1S/C18H16N2O5S2/c1-12-6-11-16(15-4-3-5-17(18(12)15)27(22,23)24)20-19-13-7-9-14(10-8-13)25-26(2)21/h3-11H,1-2H3,(H,22,23,24). The molecule has 3 rings (SSSR count). The Kier molecular flexibility index (Phi) is 5.36. The van der Waals surface area contributed by atoms with Crippen molar-refractivity contribution >= 4 is 43.3 Å². The van der Waals surface area contributed by atoms with Gasteiger partial charge in [0.15, 0.2) is 0 Å². The predicted octanol–water partition coefficient (Wildman–Crippen LogP) is 4.48. The van der Waals surface area contributed by atoms with E-state index in [1.165, 1.54) is 12.3 Å².